The van der Waals surface area contributed by atoms with Crippen LogP contribution in [-0.4, -0.2) is 47.4 Å². The first-order valence-corrected chi connectivity index (χ1v) is 9.96. The van der Waals surface area contributed by atoms with Crippen LogP contribution in [0.1, 0.15) is 33.5 Å². The molecule has 32 heavy (non-hydrogen) atoms. The number of benzene rings is 2. The van der Waals surface area contributed by atoms with E-state index in [0.717, 1.165) is 17.0 Å². The fourth-order valence-electron chi connectivity index (χ4n) is 3.41. The van der Waals surface area contributed by atoms with E-state index < -0.39 is 36.6 Å². The van der Waals surface area contributed by atoms with Crippen LogP contribution in [0.15, 0.2) is 41.6 Å². The highest BCUT2D eigenvalue weighted by atomic mass is 35.5. The average molecular weight is 489 g/mol. The molecule has 1 atom stereocenters. The molecule has 170 valence electrons. The molecule has 3 rings (SSSR count). The van der Waals surface area contributed by atoms with Crippen molar-refractivity contribution in [1.82, 2.24) is 4.90 Å². The number of carbonyl (C=O) groups is 2. The number of carbonyl (C=O) groups excluding carboxylic acids is 1. The van der Waals surface area contributed by atoms with Gasteiger partial charge in [-0.15, -0.1) is 0 Å². The largest absolute Gasteiger partial charge is 0.480 e. The molecule has 6 nitrogen and oxygen atoms in total. The second-order valence-corrected chi connectivity index (χ2v) is 8.25. The number of carboxylic acids is 1. The van der Waals surface area contributed by atoms with Gasteiger partial charge in [-0.25, -0.2) is 0 Å². The Labute approximate surface area is 191 Å². The Morgan fingerprint density at radius 2 is 1.81 bits per heavy atom. The molecule has 1 aliphatic heterocycles. The van der Waals surface area contributed by atoms with Gasteiger partial charge in [0, 0.05) is 34.6 Å². The van der Waals surface area contributed by atoms with Crippen LogP contribution >= 0.6 is 23.2 Å². The minimum absolute atomic E-state index is 0.0253. The molecule has 0 aliphatic carbocycles. The molecule has 1 amide bonds. The molecule has 0 bridgehead atoms. The number of carboxylic acid groups (broad SMARTS) is 1. The van der Waals surface area contributed by atoms with Crippen molar-refractivity contribution in [3.8, 4) is 0 Å². The Morgan fingerprint density at radius 1 is 1.19 bits per heavy atom. The predicted octanol–water partition coefficient (Wildman–Crippen LogP) is 5.04. The summed E-state index contributed by atoms with van der Waals surface area (Å²) in [7, 11) is 1.34. The Kier molecular flexibility index (Phi) is 6.44. The number of halogens is 5. The molecule has 1 heterocycles. The first kappa shape index (κ1) is 23.9. The highest BCUT2D eigenvalue weighted by molar-refractivity contribution is 6.34. The molecule has 2 aromatic carbocycles. The Bertz CT molecular complexity index is 1100. The van der Waals surface area contributed by atoms with E-state index in [1.807, 2.05) is 0 Å². The Hall–Kier alpha value is -2.78. The number of aliphatic carboxylic acids is 1. The number of likely N-dealkylation sites (N-methyl/N-ethyl adjacent to an activating group) is 1. The number of alkyl halides is 3. The smallest absolute Gasteiger partial charge is 0.435 e. The fraction of sp³-hybridized carbons (Fsp3) is 0.286. The van der Waals surface area contributed by atoms with Crippen LogP contribution in [0.2, 0.25) is 10.0 Å². The van der Waals surface area contributed by atoms with Gasteiger partial charge >= 0.3 is 12.1 Å². The van der Waals surface area contributed by atoms with Crippen molar-refractivity contribution in [3.05, 3.63) is 68.7 Å². The summed E-state index contributed by atoms with van der Waals surface area (Å²) in [5.74, 6) is -1.70. The molecule has 0 aromatic heterocycles. The maximum absolute atomic E-state index is 14.1. The van der Waals surface area contributed by atoms with E-state index in [4.69, 9.17) is 33.1 Å². The summed E-state index contributed by atoms with van der Waals surface area (Å²) < 4.78 is 42.3. The zero-order valence-electron chi connectivity index (χ0n) is 16.8. The summed E-state index contributed by atoms with van der Waals surface area (Å²) in [6.07, 6.45) is -5.45. The van der Waals surface area contributed by atoms with Crippen LogP contribution < -0.4 is 0 Å². The molecule has 1 unspecified atom stereocenters. The Morgan fingerprint density at radius 3 is 2.34 bits per heavy atom. The molecule has 0 radical (unpaired) electrons. The van der Waals surface area contributed by atoms with E-state index in [-0.39, 0.29) is 26.9 Å². The molecular weight excluding hydrogens is 472 g/mol. The van der Waals surface area contributed by atoms with Gasteiger partial charge in [-0.3, -0.25) is 9.59 Å². The second-order valence-electron chi connectivity index (χ2n) is 7.37. The molecule has 0 saturated heterocycles. The van der Waals surface area contributed by atoms with E-state index in [9.17, 15) is 22.8 Å². The second kappa shape index (κ2) is 8.63. The van der Waals surface area contributed by atoms with Crippen LogP contribution in [0.3, 0.4) is 0 Å². The zero-order chi connectivity index (χ0) is 23.8. The maximum atomic E-state index is 14.1. The Balaban J connectivity index is 1.92. The lowest BCUT2D eigenvalue weighted by Gasteiger charge is -2.29. The van der Waals surface area contributed by atoms with Crippen LogP contribution in [-0.2, 0) is 15.2 Å². The van der Waals surface area contributed by atoms with Crippen molar-refractivity contribution >= 4 is 40.8 Å². The molecule has 1 N–H and O–H groups in total. The number of amides is 1. The summed E-state index contributed by atoms with van der Waals surface area (Å²) in [6.45, 7) is 1.10. The highest BCUT2D eigenvalue weighted by Crippen LogP contribution is 2.49. The standard InChI is InChI=1S/C21H17Cl2F3N2O4/c1-11-5-12(3-4-16(11)19(31)28(2)10-18(29)30)17-9-20(32-27-17,21(24,25)26)13-6-14(22)8-15(23)7-13/h3-8H,9-10H2,1-2H3,(H,29,30). The normalized spacial score (nSPS) is 18.2. The summed E-state index contributed by atoms with van der Waals surface area (Å²) in [4.78, 5) is 29.3. The monoisotopic (exact) mass is 488 g/mol. The van der Waals surface area contributed by atoms with Gasteiger partial charge in [-0.05, 0) is 48.4 Å². The van der Waals surface area contributed by atoms with Gasteiger partial charge in [-0.1, -0.05) is 34.4 Å². The summed E-state index contributed by atoms with van der Waals surface area (Å²) in [5.41, 5.74) is -2.01. The molecular formula is C21H17Cl2F3N2O4. The van der Waals surface area contributed by atoms with Gasteiger partial charge in [0.2, 0.25) is 0 Å². The lowest BCUT2D eigenvalue weighted by atomic mass is 9.86. The molecule has 0 fully saturated rings. The fourth-order valence-corrected chi connectivity index (χ4v) is 3.94. The molecule has 1 aliphatic rings. The van der Waals surface area contributed by atoms with Crippen LogP contribution in [0.4, 0.5) is 13.2 Å². The van der Waals surface area contributed by atoms with E-state index in [1.54, 1.807) is 6.92 Å². The van der Waals surface area contributed by atoms with Crippen molar-refractivity contribution in [2.75, 3.05) is 13.6 Å². The first-order chi connectivity index (χ1) is 14.8. The number of rotatable bonds is 5. The summed E-state index contributed by atoms with van der Waals surface area (Å²) in [5, 5.41) is 12.6. The van der Waals surface area contributed by atoms with Crippen molar-refractivity contribution in [3.63, 3.8) is 0 Å². The predicted molar refractivity (Wildman–Crippen MR) is 112 cm³/mol. The van der Waals surface area contributed by atoms with Gasteiger partial charge in [0.15, 0.2) is 0 Å². The quantitative estimate of drug-likeness (QED) is 0.639. The molecule has 0 spiro atoms. The minimum atomic E-state index is -4.82. The van der Waals surface area contributed by atoms with Crippen molar-refractivity contribution in [2.45, 2.75) is 25.1 Å². The number of hydrogen-bond donors (Lipinski definition) is 1. The lowest BCUT2D eigenvalue weighted by molar-refractivity contribution is -0.275. The van der Waals surface area contributed by atoms with Crippen molar-refractivity contribution in [1.29, 1.82) is 0 Å². The summed E-state index contributed by atoms with van der Waals surface area (Å²) in [6, 6.07) is 7.93. The molecule has 2 aromatic rings. The number of aryl methyl sites for hydroxylation is 1. The van der Waals surface area contributed by atoms with Gasteiger partial charge < -0.3 is 14.8 Å². The third-order valence-electron chi connectivity index (χ3n) is 5.02. The number of oxime groups is 1. The van der Waals surface area contributed by atoms with Crippen molar-refractivity contribution < 1.29 is 32.7 Å². The number of hydrogen-bond acceptors (Lipinski definition) is 4. The van der Waals surface area contributed by atoms with E-state index in [2.05, 4.69) is 5.16 Å². The van der Waals surface area contributed by atoms with Gasteiger partial charge in [0.25, 0.3) is 11.5 Å². The highest BCUT2D eigenvalue weighted by Gasteiger charge is 2.62. The first-order valence-electron chi connectivity index (χ1n) is 9.20. The van der Waals surface area contributed by atoms with Crippen molar-refractivity contribution in [2.24, 2.45) is 5.16 Å². The third kappa shape index (κ3) is 4.54. The van der Waals surface area contributed by atoms with Gasteiger partial charge in [0.05, 0.1) is 5.71 Å². The van der Waals surface area contributed by atoms with Gasteiger partial charge in [-0.2, -0.15) is 13.2 Å². The van der Waals surface area contributed by atoms with Crippen LogP contribution in [0.25, 0.3) is 0 Å². The van der Waals surface area contributed by atoms with Crippen LogP contribution in [0.5, 0.6) is 0 Å². The van der Waals surface area contributed by atoms with E-state index in [1.165, 1.54) is 31.3 Å². The third-order valence-corrected chi connectivity index (χ3v) is 5.46. The van der Waals surface area contributed by atoms with Crippen LogP contribution in [0, 0.1) is 6.92 Å². The SMILES string of the molecule is Cc1cc(C2=NOC(c3cc(Cl)cc(Cl)c3)(C(F)(F)F)C2)ccc1C(=O)N(C)CC(=O)O. The lowest BCUT2D eigenvalue weighted by Crippen LogP contribution is -2.42. The maximum Gasteiger partial charge on any atom is 0.435 e. The topological polar surface area (TPSA) is 79.2 Å². The van der Waals surface area contributed by atoms with E-state index >= 15 is 0 Å². The summed E-state index contributed by atoms with van der Waals surface area (Å²) >= 11 is 11.8. The zero-order valence-corrected chi connectivity index (χ0v) is 18.3. The molecule has 0 saturated carbocycles. The van der Waals surface area contributed by atoms with E-state index in [0.29, 0.717) is 11.1 Å². The number of nitrogens with zero attached hydrogens (tertiary/aromatic N) is 2. The van der Waals surface area contributed by atoms with Gasteiger partial charge in [0.1, 0.15) is 6.54 Å². The molecule has 11 heteroatoms. The minimum Gasteiger partial charge on any atom is -0.480 e. The average Bonchev–Trinajstić information content (AvgIpc) is 3.13.